The molecule has 25 heavy (non-hydrogen) atoms. The molecule has 0 radical (unpaired) electrons. The summed E-state index contributed by atoms with van der Waals surface area (Å²) in [6, 6.07) is 27.8. The molecular formula is C22H23ClN2. The van der Waals surface area contributed by atoms with E-state index in [2.05, 4.69) is 0 Å². The van der Waals surface area contributed by atoms with Gasteiger partial charge in [-0.15, -0.1) is 0 Å². The minimum Gasteiger partial charge on any atom is -0.398 e. The zero-order valence-corrected chi connectivity index (χ0v) is 14.9. The van der Waals surface area contributed by atoms with Crippen molar-refractivity contribution < 1.29 is 0 Å². The molecule has 0 amide bonds. The van der Waals surface area contributed by atoms with Gasteiger partial charge >= 0.3 is 0 Å². The molecule has 0 aliphatic heterocycles. The minimum absolute atomic E-state index is 0.640. The fourth-order valence-electron chi connectivity index (χ4n) is 2.25. The van der Waals surface area contributed by atoms with E-state index >= 15 is 0 Å². The Morgan fingerprint density at radius 1 is 0.800 bits per heavy atom. The van der Waals surface area contributed by atoms with E-state index in [1.54, 1.807) is 0 Å². The van der Waals surface area contributed by atoms with Crippen molar-refractivity contribution in [2.45, 2.75) is 13.0 Å². The Morgan fingerprint density at radius 2 is 1.40 bits per heavy atom. The van der Waals surface area contributed by atoms with Gasteiger partial charge in [-0.3, -0.25) is 0 Å². The van der Waals surface area contributed by atoms with Crippen molar-refractivity contribution in [2.24, 2.45) is 11.5 Å². The van der Waals surface area contributed by atoms with Crippen molar-refractivity contribution in [1.82, 2.24) is 0 Å². The molecule has 0 heterocycles. The van der Waals surface area contributed by atoms with Crippen LogP contribution in [-0.2, 0) is 13.0 Å². The average Bonchev–Trinajstić information content (AvgIpc) is 2.68. The monoisotopic (exact) mass is 350 g/mol. The van der Waals surface area contributed by atoms with Gasteiger partial charge in [0.15, 0.2) is 0 Å². The van der Waals surface area contributed by atoms with E-state index in [1.807, 2.05) is 91.0 Å². The highest BCUT2D eigenvalue weighted by Crippen LogP contribution is 2.13. The zero-order chi connectivity index (χ0) is 17.9. The van der Waals surface area contributed by atoms with E-state index in [1.165, 1.54) is 5.56 Å². The molecule has 3 aromatic rings. The second-order valence-corrected chi connectivity index (χ2v) is 5.99. The average molecular weight is 351 g/mol. The molecule has 3 heteroatoms. The van der Waals surface area contributed by atoms with Crippen molar-refractivity contribution >= 4 is 17.3 Å². The summed E-state index contributed by atoms with van der Waals surface area (Å²) in [6.45, 7) is 0.640. The first-order valence-electron chi connectivity index (χ1n) is 8.18. The second kappa shape index (κ2) is 10.3. The van der Waals surface area contributed by atoms with Crippen molar-refractivity contribution in [3.8, 4) is 0 Å². The van der Waals surface area contributed by atoms with E-state index in [-0.39, 0.29) is 0 Å². The van der Waals surface area contributed by atoms with Crippen molar-refractivity contribution in [3.05, 3.63) is 113 Å². The Morgan fingerprint density at radius 3 is 1.96 bits per heavy atom. The van der Waals surface area contributed by atoms with E-state index in [9.17, 15) is 0 Å². The largest absolute Gasteiger partial charge is 0.398 e. The lowest BCUT2D eigenvalue weighted by atomic mass is 10.1. The Balaban J connectivity index is 0.000000236. The van der Waals surface area contributed by atoms with Gasteiger partial charge in [0.2, 0.25) is 0 Å². The van der Waals surface area contributed by atoms with Crippen LogP contribution in [0.5, 0.6) is 0 Å². The number of hydrogen-bond acceptors (Lipinski definition) is 2. The third-order valence-electron chi connectivity index (χ3n) is 3.63. The summed E-state index contributed by atoms with van der Waals surface area (Å²) in [6.07, 6.45) is 2.81. The molecule has 0 saturated carbocycles. The van der Waals surface area contributed by atoms with Gasteiger partial charge in [-0.25, -0.2) is 0 Å². The summed E-state index contributed by atoms with van der Waals surface area (Å²) in [5, 5.41) is 0.759. The van der Waals surface area contributed by atoms with Crippen LogP contribution in [-0.4, -0.2) is 0 Å². The predicted octanol–water partition coefficient (Wildman–Crippen LogP) is 5.03. The third-order valence-corrected chi connectivity index (χ3v) is 3.87. The SMILES string of the molecule is N/C(=C\Cc1cccc(Cl)c1)c1ccccc1.NCc1ccccc1. The first kappa shape index (κ1) is 18.8. The van der Waals surface area contributed by atoms with E-state index in [0.717, 1.165) is 28.3 Å². The number of allylic oxidation sites excluding steroid dienone is 1. The fraction of sp³-hybridized carbons (Fsp3) is 0.0909. The van der Waals surface area contributed by atoms with Gasteiger partial charge in [0.25, 0.3) is 0 Å². The fourth-order valence-corrected chi connectivity index (χ4v) is 2.47. The van der Waals surface area contributed by atoms with Crippen LogP contribution in [0.1, 0.15) is 16.7 Å². The lowest BCUT2D eigenvalue weighted by molar-refractivity contribution is 1.07. The van der Waals surface area contributed by atoms with Gasteiger partial charge in [0.05, 0.1) is 0 Å². The van der Waals surface area contributed by atoms with Crippen molar-refractivity contribution in [3.63, 3.8) is 0 Å². The van der Waals surface area contributed by atoms with Crippen LogP contribution in [0.25, 0.3) is 5.70 Å². The Hall–Kier alpha value is -2.55. The normalized spacial score (nSPS) is 10.7. The maximum Gasteiger partial charge on any atom is 0.0408 e. The van der Waals surface area contributed by atoms with Crippen LogP contribution in [0.3, 0.4) is 0 Å². The second-order valence-electron chi connectivity index (χ2n) is 5.55. The van der Waals surface area contributed by atoms with Crippen molar-refractivity contribution in [2.75, 3.05) is 0 Å². The molecule has 0 aromatic heterocycles. The zero-order valence-electron chi connectivity index (χ0n) is 14.1. The van der Waals surface area contributed by atoms with Crippen LogP contribution >= 0.6 is 11.6 Å². The van der Waals surface area contributed by atoms with E-state index in [4.69, 9.17) is 23.1 Å². The van der Waals surface area contributed by atoms with Gasteiger partial charge in [-0.1, -0.05) is 90.5 Å². The van der Waals surface area contributed by atoms with Gasteiger partial charge < -0.3 is 11.5 Å². The molecule has 0 unspecified atom stereocenters. The molecular weight excluding hydrogens is 328 g/mol. The van der Waals surface area contributed by atoms with Crippen LogP contribution < -0.4 is 11.5 Å². The Labute approximate surface area is 154 Å². The highest BCUT2D eigenvalue weighted by atomic mass is 35.5. The van der Waals surface area contributed by atoms with Crippen LogP contribution in [0.15, 0.2) is 91.0 Å². The molecule has 3 aromatic carbocycles. The number of hydrogen-bond donors (Lipinski definition) is 2. The van der Waals surface area contributed by atoms with E-state index in [0.29, 0.717) is 6.54 Å². The summed E-state index contributed by atoms with van der Waals surface area (Å²) >= 11 is 5.93. The van der Waals surface area contributed by atoms with Gasteiger partial charge in [0, 0.05) is 17.3 Å². The topological polar surface area (TPSA) is 52.0 Å². The molecule has 0 bridgehead atoms. The molecule has 2 nitrogen and oxygen atoms in total. The maximum absolute atomic E-state index is 6.01. The summed E-state index contributed by atoms with van der Waals surface area (Å²) in [5.41, 5.74) is 15.6. The molecule has 4 N–H and O–H groups in total. The maximum atomic E-state index is 6.01. The number of benzene rings is 3. The number of halogens is 1. The Bertz CT molecular complexity index is 783. The highest BCUT2D eigenvalue weighted by molar-refractivity contribution is 6.30. The molecule has 0 spiro atoms. The quantitative estimate of drug-likeness (QED) is 0.693. The summed E-state index contributed by atoms with van der Waals surface area (Å²) < 4.78 is 0. The number of nitrogens with two attached hydrogens (primary N) is 2. The van der Waals surface area contributed by atoms with Crippen molar-refractivity contribution in [1.29, 1.82) is 0 Å². The number of rotatable bonds is 4. The molecule has 0 aliphatic rings. The lowest BCUT2D eigenvalue weighted by Crippen LogP contribution is -1.96. The first-order valence-corrected chi connectivity index (χ1v) is 8.56. The Kier molecular flexibility index (Phi) is 7.77. The van der Waals surface area contributed by atoms with Gasteiger partial charge in [-0.05, 0) is 35.2 Å². The molecule has 0 fully saturated rings. The summed E-state index contributed by atoms with van der Waals surface area (Å²) in [4.78, 5) is 0. The van der Waals surface area contributed by atoms with Gasteiger partial charge in [0.1, 0.15) is 0 Å². The molecule has 128 valence electrons. The highest BCUT2D eigenvalue weighted by Gasteiger charge is 1.96. The third kappa shape index (κ3) is 6.84. The van der Waals surface area contributed by atoms with Gasteiger partial charge in [-0.2, -0.15) is 0 Å². The first-order chi connectivity index (χ1) is 12.2. The lowest BCUT2D eigenvalue weighted by Gasteiger charge is -2.02. The molecule has 3 rings (SSSR count). The summed E-state index contributed by atoms with van der Waals surface area (Å²) in [7, 11) is 0. The summed E-state index contributed by atoms with van der Waals surface area (Å²) in [5.74, 6) is 0. The van der Waals surface area contributed by atoms with Crippen LogP contribution in [0, 0.1) is 0 Å². The molecule has 0 saturated heterocycles. The molecule has 0 aliphatic carbocycles. The predicted molar refractivity (Wildman–Crippen MR) is 108 cm³/mol. The van der Waals surface area contributed by atoms with Crippen LogP contribution in [0.2, 0.25) is 5.02 Å². The smallest absolute Gasteiger partial charge is 0.0408 e. The minimum atomic E-state index is 0.640. The van der Waals surface area contributed by atoms with Crippen LogP contribution in [0.4, 0.5) is 0 Å². The van der Waals surface area contributed by atoms with E-state index < -0.39 is 0 Å². The standard InChI is InChI=1S/C15H14ClN.C7H9N/c16-14-8-4-5-12(11-14)9-10-15(17)13-6-2-1-3-7-13;8-6-7-4-2-1-3-5-7/h1-8,10-11H,9,17H2;1-5H,6,8H2/b15-10-;. The molecule has 0 atom stereocenters.